The van der Waals surface area contributed by atoms with Crippen LogP contribution in [0.5, 0.6) is 0 Å². The van der Waals surface area contributed by atoms with Crippen molar-refractivity contribution in [2.24, 2.45) is 0 Å². The van der Waals surface area contributed by atoms with Crippen molar-refractivity contribution in [2.45, 2.75) is 20.3 Å². The van der Waals surface area contributed by atoms with E-state index in [1.807, 2.05) is 11.8 Å². The van der Waals surface area contributed by atoms with E-state index in [9.17, 15) is 0 Å². The second kappa shape index (κ2) is 6.44. The molecule has 1 aromatic carbocycles. The Morgan fingerprint density at radius 2 is 2.07 bits per heavy atom. The van der Waals surface area contributed by atoms with Gasteiger partial charge in [-0.15, -0.1) is 0 Å². The van der Waals surface area contributed by atoms with Crippen LogP contribution >= 0.6 is 27.7 Å². The number of thioether (sulfide) groups is 1. The van der Waals surface area contributed by atoms with Crippen LogP contribution in [-0.4, -0.2) is 18.6 Å². The van der Waals surface area contributed by atoms with Gasteiger partial charge in [0.2, 0.25) is 0 Å². The van der Waals surface area contributed by atoms with Gasteiger partial charge in [-0.2, -0.15) is 11.8 Å². The largest absolute Gasteiger partial charge is 0.384 e. The van der Waals surface area contributed by atoms with Crippen molar-refractivity contribution in [1.82, 2.24) is 0 Å². The lowest BCUT2D eigenvalue weighted by molar-refractivity contribution is 0.989. The van der Waals surface area contributed by atoms with Crippen LogP contribution in [0.4, 0.5) is 5.69 Å². The van der Waals surface area contributed by atoms with Gasteiger partial charge in [0.25, 0.3) is 0 Å². The fourth-order valence-corrected chi connectivity index (χ4v) is 2.82. The SMILES string of the molecule is CSCCCNc1c(C)cc(C)cc1Br. The Morgan fingerprint density at radius 1 is 1.33 bits per heavy atom. The van der Waals surface area contributed by atoms with E-state index in [0.717, 1.165) is 6.54 Å². The zero-order valence-corrected chi connectivity index (χ0v) is 12.0. The maximum Gasteiger partial charge on any atom is 0.0514 e. The van der Waals surface area contributed by atoms with Gasteiger partial charge in [0, 0.05) is 11.0 Å². The standard InChI is InChI=1S/C12H18BrNS/c1-9-7-10(2)12(11(13)8-9)14-5-4-6-15-3/h7-8,14H,4-6H2,1-3H3. The molecule has 3 heteroatoms. The first-order valence-electron chi connectivity index (χ1n) is 5.14. The molecule has 1 nitrogen and oxygen atoms in total. The topological polar surface area (TPSA) is 12.0 Å². The van der Waals surface area contributed by atoms with E-state index in [2.05, 4.69) is 53.5 Å². The Bertz CT molecular complexity index is 302. The minimum atomic E-state index is 1.04. The third-order valence-corrected chi connectivity index (χ3v) is 3.58. The van der Waals surface area contributed by atoms with Crippen molar-refractivity contribution in [3.8, 4) is 0 Å². The number of benzene rings is 1. The molecular weight excluding hydrogens is 270 g/mol. The summed E-state index contributed by atoms with van der Waals surface area (Å²) in [5.41, 5.74) is 3.85. The Balaban J connectivity index is 2.60. The van der Waals surface area contributed by atoms with E-state index in [4.69, 9.17) is 0 Å². The van der Waals surface area contributed by atoms with Crippen molar-refractivity contribution >= 4 is 33.4 Å². The van der Waals surface area contributed by atoms with Crippen LogP contribution in [0.3, 0.4) is 0 Å². The van der Waals surface area contributed by atoms with Gasteiger partial charge in [0.1, 0.15) is 0 Å². The first-order chi connectivity index (χ1) is 7.15. The number of rotatable bonds is 5. The zero-order chi connectivity index (χ0) is 11.3. The average Bonchev–Trinajstić information content (AvgIpc) is 2.15. The van der Waals surface area contributed by atoms with Crippen molar-refractivity contribution in [1.29, 1.82) is 0 Å². The molecule has 1 rings (SSSR count). The number of aryl methyl sites for hydroxylation is 2. The highest BCUT2D eigenvalue weighted by Crippen LogP contribution is 2.27. The Hall–Kier alpha value is -0.150. The Morgan fingerprint density at radius 3 is 2.67 bits per heavy atom. The minimum Gasteiger partial charge on any atom is -0.384 e. The molecule has 0 aliphatic rings. The van der Waals surface area contributed by atoms with Gasteiger partial charge in [-0.25, -0.2) is 0 Å². The molecule has 0 fully saturated rings. The Labute approximate surface area is 105 Å². The number of anilines is 1. The molecule has 0 unspecified atom stereocenters. The summed E-state index contributed by atoms with van der Waals surface area (Å²) in [6.45, 7) is 5.31. The molecule has 0 radical (unpaired) electrons. The summed E-state index contributed by atoms with van der Waals surface area (Å²) in [5, 5.41) is 3.48. The molecule has 1 N–H and O–H groups in total. The average molecular weight is 288 g/mol. The summed E-state index contributed by atoms with van der Waals surface area (Å²) in [5.74, 6) is 1.22. The van der Waals surface area contributed by atoms with Crippen LogP contribution in [0.25, 0.3) is 0 Å². The van der Waals surface area contributed by atoms with E-state index in [1.165, 1.54) is 33.5 Å². The molecule has 0 amide bonds. The van der Waals surface area contributed by atoms with E-state index in [1.54, 1.807) is 0 Å². The highest BCUT2D eigenvalue weighted by molar-refractivity contribution is 9.10. The molecule has 15 heavy (non-hydrogen) atoms. The van der Waals surface area contributed by atoms with Crippen LogP contribution in [0.2, 0.25) is 0 Å². The zero-order valence-electron chi connectivity index (χ0n) is 9.56. The van der Waals surface area contributed by atoms with Crippen LogP contribution in [0.1, 0.15) is 17.5 Å². The highest BCUT2D eigenvalue weighted by Gasteiger charge is 2.03. The smallest absolute Gasteiger partial charge is 0.0514 e. The summed E-state index contributed by atoms with van der Waals surface area (Å²) in [6, 6.07) is 4.37. The normalized spacial score (nSPS) is 10.4. The lowest BCUT2D eigenvalue weighted by Crippen LogP contribution is -2.04. The van der Waals surface area contributed by atoms with Gasteiger partial charge >= 0.3 is 0 Å². The fraction of sp³-hybridized carbons (Fsp3) is 0.500. The predicted octanol–water partition coefficient (Wildman–Crippen LogP) is 4.23. The second-order valence-corrected chi connectivity index (χ2v) is 5.55. The van der Waals surface area contributed by atoms with E-state index < -0.39 is 0 Å². The molecule has 0 saturated heterocycles. The van der Waals surface area contributed by atoms with Gasteiger partial charge < -0.3 is 5.32 Å². The van der Waals surface area contributed by atoms with Crippen molar-refractivity contribution < 1.29 is 0 Å². The Kier molecular flexibility index (Phi) is 5.54. The quantitative estimate of drug-likeness (QED) is 0.814. The molecule has 0 aliphatic heterocycles. The molecule has 0 aromatic heterocycles. The molecular formula is C12H18BrNS. The molecule has 0 saturated carbocycles. The first kappa shape index (κ1) is 12.9. The van der Waals surface area contributed by atoms with Crippen LogP contribution < -0.4 is 5.32 Å². The third-order valence-electron chi connectivity index (χ3n) is 2.26. The molecule has 0 bridgehead atoms. The monoisotopic (exact) mass is 287 g/mol. The molecule has 0 atom stereocenters. The maximum atomic E-state index is 3.60. The lowest BCUT2D eigenvalue weighted by Gasteiger charge is -2.12. The van der Waals surface area contributed by atoms with Crippen molar-refractivity contribution in [3.63, 3.8) is 0 Å². The van der Waals surface area contributed by atoms with Crippen molar-refractivity contribution in [2.75, 3.05) is 23.9 Å². The maximum absolute atomic E-state index is 3.60. The van der Waals surface area contributed by atoms with E-state index in [-0.39, 0.29) is 0 Å². The van der Waals surface area contributed by atoms with Gasteiger partial charge in [0.05, 0.1) is 5.69 Å². The number of halogens is 1. The predicted molar refractivity (Wildman–Crippen MR) is 75.1 cm³/mol. The number of hydrogen-bond donors (Lipinski definition) is 1. The highest BCUT2D eigenvalue weighted by atomic mass is 79.9. The van der Waals surface area contributed by atoms with Gasteiger partial charge in [-0.05, 0) is 65.4 Å². The van der Waals surface area contributed by atoms with E-state index >= 15 is 0 Å². The second-order valence-electron chi connectivity index (χ2n) is 3.71. The molecule has 0 heterocycles. The number of hydrogen-bond acceptors (Lipinski definition) is 2. The summed E-state index contributed by atoms with van der Waals surface area (Å²) < 4.78 is 1.17. The van der Waals surface area contributed by atoms with Crippen LogP contribution in [-0.2, 0) is 0 Å². The van der Waals surface area contributed by atoms with Gasteiger partial charge in [-0.1, -0.05) is 6.07 Å². The number of nitrogens with one attached hydrogen (secondary N) is 1. The van der Waals surface area contributed by atoms with Crippen LogP contribution in [0, 0.1) is 13.8 Å². The summed E-state index contributed by atoms with van der Waals surface area (Å²) in [7, 11) is 0. The summed E-state index contributed by atoms with van der Waals surface area (Å²) in [4.78, 5) is 0. The molecule has 84 valence electrons. The molecule has 1 aromatic rings. The minimum absolute atomic E-state index is 1.04. The summed E-state index contributed by atoms with van der Waals surface area (Å²) >= 11 is 5.50. The van der Waals surface area contributed by atoms with E-state index in [0.29, 0.717) is 0 Å². The summed E-state index contributed by atoms with van der Waals surface area (Å²) in [6.07, 6.45) is 3.36. The van der Waals surface area contributed by atoms with Crippen LogP contribution in [0.15, 0.2) is 16.6 Å². The first-order valence-corrected chi connectivity index (χ1v) is 7.33. The molecule has 0 spiro atoms. The van der Waals surface area contributed by atoms with Gasteiger partial charge in [0.15, 0.2) is 0 Å². The van der Waals surface area contributed by atoms with Crippen molar-refractivity contribution in [3.05, 3.63) is 27.7 Å². The van der Waals surface area contributed by atoms with Gasteiger partial charge in [-0.3, -0.25) is 0 Å². The fourth-order valence-electron chi connectivity index (χ4n) is 1.57. The molecule has 0 aliphatic carbocycles. The lowest BCUT2D eigenvalue weighted by atomic mass is 10.1. The third kappa shape index (κ3) is 4.07.